The lowest BCUT2D eigenvalue weighted by molar-refractivity contribution is -0.00124. The second-order valence-corrected chi connectivity index (χ2v) is 7.04. The number of rotatable bonds is 2. The van der Waals surface area contributed by atoms with E-state index in [1.807, 2.05) is 12.3 Å². The van der Waals surface area contributed by atoms with Crippen molar-refractivity contribution in [3.63, 3.8) is 0 Å². The molecule has 0 radical (unpaired) electrons. The SMILES string of the molecule is CN(c1cnccc1C#N)C1C2CC3CC(C2)CC1C3. The molecule has 4 fully saturated rings. The van der Waals surface area contributed by atoms with Gasteiger partial charge in [0.1, 0.15) is 6.07 Å². The van der Waals surface area contributed by atoms with Crippen LogP contribution in [0.1, 0.15) is 37.7 Å². The van der Waals surface area contributed by atoms with E-state index < -0.39 is 0 Å². The number of pyridine rings is 1. The van der Waals surface area contributed by atoms with E-state index in [9.17, 15) is 5.26 Å². The van der Waals surface area contributed by atoms with Crippen molar-refractivity contribution in [2.75, 3.05) is 11.9 Å². The molecule has 0 aliphatic heterocycles. The fraction of sp³-hybridized carbons (Fsp3) is 0.647. The standard InChI is InChI=1S/C17H21N3/c1-20(16-10-19-3-2-13(16)9-18)17-14-5-11-4-12(7-14)8-15(17)6-11/h2-3,10-12,14-15,17H,4-8H2,1H3. The first kappa shape index (κ1) is 12.2. The normalized spacial score (nSPS) is 37.7. The third-order valence-corrected chi connectivity index (χ3v) is 5.92. The molecule has 4 aliphatic rings. The molecule has 0 N–H and O–H groups in total. The van der Waals surface area contributed by atoms with Crippen LogP contribution in [-0.2, 0) is 0 Å². The van der Waals surface area contributed by atoms with Gasteiger partial charge in [0.25, 0.3) is 0 Å². The molecular weight excluding hydrogens is 246 g/mol. The Morgan fingerprint density at radius 1 is 1.15 bits per heavy atom. The van der Waals surface area contributed by atoms with Crippen molar-refractivity contribution in [2.45, 2.75) is 38.1 Å². The van der Waals surface area contributed by atoms with E-state index in [0.29, 0.717) is 6.04 Å². The monoisotopic (exact) mass is 267 g/mol. The van der Waals surface area contributed by atoms with Crippen LogP contribution in [-0.4, -0.2) is 18.1 Å². The van der Waals surface area contributed by atoms with Gasteiger partial charge in [0.15, 0.2) is 0 Å². The maximum Gasteiger partial charge on any atom is 0.101 e. The van der Waals surface area contributed by atoms with E-state index >= 15 is 0 Å². The molecule has 4 aliphatic carbocycles. The summed E-state index contributed by atoms with van der Waals surface area (Å²) in [5, 5.41) is 9.31. The second kappa shape index (κ2) is 4.48. The van der Waals surface area contributed by atoms with Gasteiger partial charge < -0.3 is 4.90 Å². The molecule has 5 rings (SSSR count). The maximum absolute atomic E-state index is 9.31. The highest BCUT2D eigenvalue weighted by Gasteiger charge is 2.49. The third kappa shape index (κ3) is 1.74. The van der Waals surface area contributed by atoms with E-state index in [1.54, 1.807) is 6.20 Å². The lowest BCUT2D eigenvalue weighted by atomic mass is 9.54. The molecular formula is C17H21N3. The van der Waals surface area contributed by atoms with Crippen LogP contribution in [0.2, 0.25) is 0 Å². The zero-order valence-corrected chi connectivity index (χ0v) is 12.0. The molecule has 3 nitrogen and oxygen atoms in total. The van der Waals surface area contributed by atoms with Gasteiger partial charge in [-0.1, -0.05) is 0 Å². The van der Waals surface area contributed by atoms with Crippen LogP contribution in [0.25, 0.3) is 0 Å². The summed E-state index contributed by atoms with van der Waals surface area (Å²) in [4.78, 5) is 6.61. The molecule has 1 heterocycles. The molecule has 20 heavy (non-hydrogen) atoms. The Balaban J connectivity index is 1.66. The lowest BCUT2D eigenvalue weighted by Gasteiger charge is -2.57. The van der Waals surface area contributed by atoms with Crippen LogP contribution < -0.4 is 4.90 Å². The highest BCUT2D eigenvalue weighted by Crippen LogP contribution is 2.55. The van der Waals surface area contributed by atoms with Crippen LogP contribution in [0.15, 0.2) is 18.5 Å². The zero-order valence-electron chi connectivity index (χ0n) is 12.0. The van der Waals surface area contributed by atoms with E-state index in [4.69, 9.17) is 0 Å². The molecule has 3 heteroatoms. The smallest absolute Gasteiger partial charge is 0.101 e. The summed E-state index contributed by atoms with van der Waals surface area (Å²) < 4.78 is 0. The number of anilines is 1. The molecule has 0 amide bonds. The summed E-state index contributed by atoms with van der Waals surface area (Å²) in [5.74, 6) is 3.66. The average Bonchev–Trinajstić information content (AvgIpc) is 2.46. The molecule has 0 unspecified atom stereocenters. The Morgan fingerprint density at radius 3 is 2.40 bits per heavy atom. The Bertz CT molecular complexity index is 532. The van der Waals surface area contributed by atoms with Crippen LogP contribution in [0, 0.1) is 35.0 Å². The first-order valence-corrected chi connectivity index (χ1v) is 7.83. The first-order chi connectivity index (χ1) is 9.76. The minimum atomic E-state index is 0.624. The van der Waals surface area contributed by atoms with Gasteiger partial charge in [0.2, 0.25) is 0 Å². The highest BCUT2D eigenvalue weighted by molar-refractivity contribution is 5.58. The van der Waals surface area contributed by atoms with Crippen molar-refractivity contribution < 1.29 is 0 Å². The van der Waals surface area contributed by atoms with Gasteiger partial charge in [0, 0.05) is 19.3 Å². The summed E-state index contributed by atoms with van der Waals surface area (Å²) in [6.07, 6.45) is 10.7. The quantitative estimate of drug-likeness (QED) is 0.826. The summed E-state index contributed by atoms with van der Waals surface area (Å²) in [6, 6.07) is 4.78. The van der Waals surface area contributed by atoms with Crippen molar-refractivity contribution in [1.29, 1.82) is 5.26 Å². The van der Waals surface area contributed by atoms with Gasteiger partial charge >= 0.3 is 0 Å². The molecule has 1 aromatic heterocycles. The highest BCUT2D eigenvalue weighted by atomic mass is 15.2. The van der Waals surface area contributed by atoms with Crippen molar-refractivity contribution in [2.24, 2.45) is 23.7 Å². The second-order valence-electron chi connectivity index (χ2n) is 7.04. The maximum atomic E-state index is 9.31. The molecule has 0 atom stereocenters. The Labute approximate surface area is 120 Å². The molecule has 0 aromatic carbocycles. The third-order valence-electron chi connectivity index (χ3n) is 5.92. The molecule has 104 valence electrons. The van der Waals surface area contributed by atoms with Crippen LogP contribution in [0.4, 0.5) is 5.69 Å². The van der Waals surface area contributed by atoms with Crippen LogP contribution >= 0.6 is 0 Å². The lowest BCUT2D eigenvalue weighted by Crippen LogP contribution is -2.55. The summed E-state index contributed by atoms with van der Waals surface area (Å²) in [6.45, 7) is 0. The summed E-state index contributed by atoms with van der Waals surface area (Å²) >= 11 is 0. The minimum absolute atomic E-state index is 0.624. The van der Waals surface area contributed by atoms with Crippen LogP contribution in [0.5, 0.6) is 0 Å². The number of aromatic nitrogens is 1. The predicted molar refractivity (Wildman–Crippen MR) is 78.2 cm³/mol. The van der Waals surface area contributed by atoms with Crippen molar-refractivity contribution in [3.05, 3.63) is 24.0 Å². The average molecular weight is 267 g/mol. The van der Waals surface area contributed by atoms with Crippen molar-refractivity contribution >= 4 is 5.69 Å². The Kier molecular flexibility index (Phi) is 2.73. The molecule has 0 spiro atoms. The molecule has 4 saturated carbocycles. The fourth-order valence-electron chi connectivity index (χ4n) is 5.45. The Hall–Kier alpha value is -1.56. The van der Waals surface area contributed by atoms with Crippen molar-refractivity contribution in [3.8, 4) is 6.07 Å². The van der Waals surface area contributed by atoms with E-state index in [2.05, 4.69) is 23.0 Å². The molecule has 0 saturated heterocycles. The van der Waals surface area contributed by atoms with Gasteiger partial charge in [-0.15, -0.1) is 0 Å². The largest absolute Gasteiger partial charge is 0.369 e. The Morgan fingerprint density at radius 2 is 1.80 bits per heavy atom. The van der Waals surface area contributed by atoms with Crippen LogP contribution in [0.3, 0.4) is 0 Å². The van der Waals surface area contributed by atoms with Gasteiger partial charge in [-0.25, -0.2) is 0 Å². The summed E-state index contributed by atoms with van der Waals surface area (Å²) in [5.41, 5.74) is 1.78. The van der Waals surface area contributed by atoms with E-state index in [0.717, 1.165) is 34.9 Å². The van der Waals surface area contributed by atoms with Gasteiger partial charge in [-0.2, -0.15) is 5.26 Å². The zero-order chi connectivity index (χ0) is 13.7. The number of nitriles is 1. The van der Waals surface area contributed by atoms with E-state index in [-0.39, 0.29) is 0 Å². The van der Waals surface area contributed by atoms with Crippen molar-refractivity contribution in [1.82, 2.24) is 4.98 Å². The molecule has 4 bridgehead atoms. The fourth-order valence-corrected chi connectivity index (χ4v) is 5.45. The topological polar surface area (TPSA) is 39.9 Å². The van der Waals surface area contributed by atoms with Gasteiger partial charge in [-0.05, 0) is 61.8 Å². The number of nitrogens with zero attached hydrogens (tertiary/aromatic N) is 3. The van der Waals surface area contributed by atoms with Gasteiger partial charge in [0.05, 0.1) is 17.4 Å². The number of hydrogen-bond acceptors (Lipinski definition) is 3. The predicted octanol–water partition coefficient (Wildman–Crippen LogP) is 3.21. The van der Waals surface area contributed by atoms with E-state index in [1.165, 1.54) is 32.1 Å². The number of hydrogen-bond donors (Lipinski definition) is 0. The summed E-state index contributed by atoms with van der Waals surface area (Å²) in [7, 11) is 2.17. The minimum Gasteiger partial charge on any atom is -0.369 e. The molecule has 1 aromatic rings. The van der Waals surface area contributed by atoms with Gasteiger partial charge in [-0.3, -0.25) is 4.98 Å². The first-order valence-electron chi connectivity index (χ1n) is 7.83.